The number of rotatable bonds is 0. The second-order valence-electron chi connectivity index (χ2n) is 12.0. The molecule has 2 spiro atoms. The zero-order valence-electron chi connectivity index (χ0n) is 17.6. The second-order valence-corrected chi connectivity index (χ2v) is 12.0. The van der Waals surface area contributed by atoms with Gasteiger partial charge in [-0.05, 0) is 62.7 Å². The molecule has 5 aliphatic rings. The largest absolute Gasteiger partial charge is 0.385 e. The van der Waals surface area contributed by atoms with E-state index in [1.165, 1.54) is 6.42 Å². The molecule has 1 heterocycles. The van der Waals surface area contributed by atoms with Crippen LogP contribution in [0.4, 0.5) is 0 Å². The number of carbonyl (C=O) groups excluding carboxylic acids is 1. The van der Waals surface area contributed by atoms with Gasteiger partial charge in [-0.2, -0.15) is 0 Å². The average Bonchev–Trinajstić information content (AvgIpc) is 2.98. The third kappa shape index (κ3) is 2.18. The van der Waals surface area contributed by atoms with Gasteiger partial charge in [-0.15, -0.1) is 0 Å². The van der Waals surface area contributed by atoms with Crippen molar-refractivity contribution in [1.29, 1.82) is 0 Å². The molecule has 1 saturated heterocycles. The third-order valence-electron chi connectivity index (χ3n) is 9.31. The first kappa shape index (κ1) is 18.6. The molecule has 0 amide bonds. The van der Waals surface area contributed by atoms with Gasteiger partial charge in [0.05, 0.1) is 12.2 Å². The Morgan fingerprint density at radius 1 is 1.07 bits per heavy atom. The summed E-state index contributed by atoms with van der Waals surface area (Å²) in [6.07, 6.45) is 6.26. The first-order valence-electron chi connectivity index (χ1n) is 11.0. The molecule has 4 nitrogen and oxygen atoms in total. The van der Waals surface area contributed by atoms with E-state index in [-0.39, 0.29) is 33.5 Å². The van der Waals surface area contributed by atoms with E-state index in [1.54, 1.807) is 0 Å². The van der Waals surface area contributed by atoms with Crippen molar-refractivity contribution in [3.05, 3.63) is 0 Å². The molecule has 0 aromatic rings. The van der Waals surface area contributed by atoms with Crippen molar-refractivity contribution in [2.75, 3.05) is 6.61 Å². The van der Waals surface area contributed by atoms with Crippen molar-refractivity contribution in [2.45, 2.75) is 97.1 Å². The Hall–Kier alpha value is -0.450. The molecule has 0 aromatic carbocycles. The molecule has 0 aromatic heterocycles. The van der Waals surface area contributed by atoms with Crippen LogP contribution in [0.2, 0.25) is 0 Å². The Labute approximate surface area is 163 Å². The molecule has 0 radical (unpaired) electrons. The summed E-state index contributed by atoms with van der Waals surface area (Å²) in [4.78, 5) is 13.6. The summed E-state index contributed by atoms with van der Waals surface area (Å²) < 4.78 is 12.8. The van der Waals surface area contributed by atoms with E-state index in [0.29, 0.717) is 24.9 Å². The van der Waals surface area contributed by atoms with Crippen LogP contribution in [0.5, 0.6) is 0 Å². The third-order valence-corrected chi connectivity index (χ3v) is 9.31. The number of aliphatic hydroxyl groups is 1. The van der Waals surface area contributed by atoms with Crippen LogP contribution in [0.25, 0.3) is 0 Å². The molecule has 4 heteroatoms. The second kappa shape index (κ2) is 5.17. The fourth-order valence-corrected chi connectivity index (χ4v) is 8.66. The van der Waals surface area contributed by atoms with Crippen LogP contribution in [0.3, 0.4) is 0 Å². The molecule has 1 N–H and O–H groups in total. The minimum Gasteiger partial charge on any atom is -0.385 e. The molecule has 5 fully saturated rings. The van der Waals surface area contributed by atoms with Gasteiger partial charge in [0.1, 0.15) is 6.10 Å². The van der Waals surface area contributed by atoms with Gasteiger partial charge in [0.2, 0.25) is 0 Å². The number of fused-ring (bicyclic) bond motifs is 4. The van der Waals surface area contributed by atoms with Gasteiger partial charge in [-0.25, -0.2) is 0 Å². The highest BCUT2D eigenvalue weighted by Crippen LogP contribution is 2.73. The summed E-state index contributed by atoms with van der Waals surface area (Å²) in [5.74, 6) is 0.170. The standard InChI is InChI=1S/C23H36O4/c1-19(2)9-6-10-21(5)15-8-7-14-11-22(15,18(25)16(24)17(19)21)12-23(14)26-13-20(3,4)27-23/h14-15,17-18,25H,6-13H2,1-5H3. The highest BCUT2D eigenvalue weighted by molar-refractivity contribution is 5.89. The van der Waals surface area contributed by atoms with Crippen molar-refractivity contribution < 1.29 is 19.4 Å². The predicted molar refractivity (Wildman–Crippen MR) is 102 cm³/mol. The molecule has 7 unspecified atom stereocenters. The van der Waals surface area contributed by atoms with Gasteiger partial charge in [0.25, 0.3) is 0 Å². The van der Waals surface area contributed by atoms with Crippen molar-refractivity contribution in [1.82, 2.24) is 0 Å². The number of ether oxygens (including phenoxy) is 2. The van der Waals surface area contributed by atoms with Crippen molar-refractivity contribution in [3.8, 4) is 0 Å². The molecule has 5 rings (SSSR count). The first-order chi connectivity index (χ1) is 12.5. The molecule has 27 heavy (non-hydrogen) atoms. The lowest BCUT2D eigenvalue weighted by molar-refractivity contribution is -0.214. The smallest absolute Gasteiger partial charge is 0.172 e. The van der Waals surface area contributed by atoms with Crippen molar-refractivity contribution in [3.63, 3.8) is 0 Å². The fourth-order valence-electron chi connectivity index (χ4n) is 8.66. The molecule has 4 saturated carbocycles. The minimum atomic E-state index is -0.865. The van der Waals surface area contributed by atoms with E-state index in [0.717, 1.165) is 32.1 Å². The summed E-state index contributed by atoms with van der Waals surface area (Å²) >= 11 is 0. The summed E-state index contributed by atoms with van der Waals surface area (Å²) in [5.41, 5.74) is -0.684. The number of carbonyl (C=O) groups is 1. The van der Waals surface area contributed by atoms with E-state index in [1.807, 2.05) is 0 Å². The summed E-state index contributed by atoms with van der Waals surface area (Å²) in [5, 5.41) is 11.4. The van der Waals surface area contributed by atoms with Crippen LogP contribution < -0.4 is 0 Å². The Kier molecular flexibility index (Phi) is 3.56. The lowest BCUT2D eigenvalue weighted by Crippen LogP contribution is -2.65. The summed E-state index contributed by atoms with van der Waals surface area (Å²) in [7, 11) is 0. The zero-order chi connectivity index (χ0) is 19.5. The Morgan fingerprint density at radius 3 is 2.48 bits per heavy atom. The molecule has 152 valence electrons. The number of aliphatic hydroxyl groups excluding tert-OH is 1. The van der Waals surface area contributed by atoms with E-state index in [9.17, 15) is 9.90 Å². The van der Waals surface area contributed by atoms with Gasteiger partial charge in [0.15, 0.2) is 11.6 Å². The molecular weight excluding hydrogens is 340 g/mol. The van der Waals surface area contributed by atoms with Crippen LogP contribution in [0, 0.1) is 34.0 Å². The zero-order valence-corrected chi connectivity index (χ0v) is 17.6. The van der Waals surface area contributed by atoms with Gasteiger partial charge in [0, 0.05) is 23.7 Å². The van der Waals surface area contributed by atoms with Crippen LogP contribution >= 0.6 is 0 Å². The average molecular weight is 377 g/mol. The quantitative estimate of drug-likeness (QED) is 0.692. The fraction of sp³-hybridized carbons (Fsp3) is 0.957. The van der Waals surface area contributed by atoms with Crippen LogP contribution in [-0.2, 0) is 14.3 Å². The van der Waals surface area contributed by atoms with Crippen molar-refractivity contribution >= 4 is 5.78 Å². The monoisotopic (exact) mass is 376 g/mol. The van der Waals surface area contributed by atoms with E-state index in [2.05, 4.69) is 34.6 Å². The molecule has 7 atom stereocenters. The van der Waals surface area contributed by atoms with Gasteiger partial charge in [-0.3, -0.25) is 4.79 Å². The lowest BCUT2D eigenvalue weighted by Gasteiger charge is -2.64. The molecule has 1 aliphatic heterocycles. The van der Waals surface area contributed by atoms with Gasteiger partial charge < -0.3 is 14.6 Å². The Balaban J connectivity index is 1.59. The number of hydrogen-bond acceptors (Lipinski definition) is 4. The summed E-state index contributed by atoms with van der Waals surface area (Å²) in [6.45, 7) is 11.6. The van der Waals surface area contributed by atoms with E-state index < -0.39 is 11.9 Å². The summed E-state index contributed by atoms with van der Waals surface area (Å²) in [6, 6.07) is 0. The van der Waals surface area contributed by atoms with E-state index in [4.69, 9.17) is 9.47 Å². The minimum absolute atomic E-state index is 0.0112. The topological polar surface area (TPSA) is 55.8 Å². The number of ketones is 1. The molecular formula is C23H36O4. The van der Waals surface area contributed by atoms with Crippen LogP contribution in [-0.4, -0.2) is 35.0 Å². The number of hydrogen-bond donors (Lipinski definition) is 1. The Morgan fingerprint density at radius 2 is 1.81 bits per heavy atom. The van der Waals surface area contributed by atoms with E-state index >= 15 is 0 Å². The molecule has 2 bridgehead atoms. The first-order valence-corrected chi connectivity index (χ1v) is 11.0. The van der Waals surface area contributed by atoms with Gasteiger partial charge in [-0.1, -0.05) is 27.2 Å². The van der Waals surface area contributed by atoms with Crippen LogP contribution in [0.15, 0.2) is 0 Å². The van der Waals surface area contributed by atoms with Crippen molar-refractivity contribution in [2.24, 2.45) is 34.0 Å². The maximum Gasteiger partial charge on any atom is 0.172 e. The maximum atomic E-state index is 13.6. The lowest BCUT2D eigenvalue weighted by atomic mass is 9.40. The maximum absolute atomic E-state index is 13.6. The predicted octanol–water partition coefficient (Wildman–Crippen LogP) is 4.09. The highest BCUT2D eigenvalue weighted by Gasteiger charge is 2.74. The highest BCUT2D eigenvalue weighted by atomic mass is 16.8. The number of Topliss-reactive ketones (excluding diaryl/α,β-unsaturated/α-hetero) is 1. The Bertz CT molecular complexity index is 684. The SMILES string of the molecule is CC1(C)COC2(CC34CC2CCC3C2(C)CCCC(C)(C)C2C(=O)C4O)O1. The normalized spacial score (nSPS) is 55.4. The van der Waals surface area contributed by atoms with Gasteiger partial charge >= 0.3 is 0 Å². The van der Waals surface area contributed by atoms with Crippen LogP contribution in [0.1, 0.15) is 79.6 Å². The molecule has 4 aliphatic carbocycles.